The third kappa shape index (κ3) is 4.63. The maximum Gasteiger partial charge on any atom is 0.162 e. The predicted molar refractivity (Wildman–Crippen MR) is 164 cm³/mol. The number of fused-ring (bicyclic) bond motifs is 1. The maximum absolute atomic E-state index is 5.73. The van der Waals surface area contributed by atoms with E-state index in [1.807, 2.05) is 78.9 Å². The van der Waals surface area contributed by atoms with E-state index in [2.05, 4.69) is 34.9 Å². The van der Waals surface area contributed by atoms with Gasteiger partial charge in [-0.15, -0.1) is 0 Å². The number of rotatable bonds is 8. The van der Waals surface area contributed by atoms with Gasteiger partial charge in [0, 0.05) is 28.1 Å². The molecule has 0 fully saturated rings. The van der Waals surface area contributed by atoms with Crippen molar-refractivity contribution in [3.63, 3.8) is 0 Å². The van der Waals surface area contributed by atoms with Gasteiger partial charge in [0.1, 0.15) is 17.3 Å². The van der Waals surface area contributed by atoms with Crippen LogP contribution in [0, 0.1) is 0 Å². The van der Waals surface area contributed by atoms with Crippen LogP contribution in [0.3, 0.4) is 0 Å². The van der Waals surface area contributed by atoms with E-state index >= 15 is 0 Å². The third-order valence-electron chi connectivity index (χ3n) is 7.24. The molecule has 0 unspecified atom stereocenters. The highest BCUT2D eigenvalue weighted by molar-refractivity contribution is 6.01. The molecule has 1 heterocycles. The Kier molecular flexibility index (Phi) is 7.04. The van der Waals surface area contributed by atoms with E-state index in [1.54, 1.807) is 28.4 Å². The van der Waals surface area contributed by atoms with E-state index in [1.165, 1.54) is 0 Å². The Balaban J connectivity index is 1.76. The lowest BCUT2D eigenvalue weighted by Gasteiger charge is -2.17. The molecule has 204 valence electrons. The van der Waals surface area contributed by atoms with Gasteiger partial charge in [0.25, 0.3) is 0 Å². The Labute approximate surface area is 239 Å². The lowest BCUT2D eigenvalue weighted by molar-refractivity contribution is 0.355. The van der Waals surface area contributed by atoms with Crippen LogP contribution >= 0.6 is 0 Å². The molecule has 0 radical (unpaired) electrons. The average Bonchev–Trinajstić information content (AvgIpc) is 3.44. The van der Waals surface area contributed by atoms with Gasteiger partial charge in [0.2, 0.25) is 0 Å². The summed E-state index contributed by atoms with van der Waals surface area (Å²) >= 11 is 0. The van der Waals surface area contributed by atoms with Crippen LogP contribution in [-0.2, 0) is 0 Å². The number of methoxy groups -OCH3 is 4. The SMILES string of the molecule is COc1ccc2c(OC)ccc(-c3nc(-c4ccccc4)c(-c4ccccc4)n3-c3ccc(OC)c(OC)c3)c2c1. The lowest BCUT2D eigenvalue weighted by atomic mass is 10.0. The molecule has 6 heteroatoms. The summed E-state index contributed by atoms with van der Waals surface area (Å²) in [6.07, 6.45) is 0. The normalized spacial score (nSPS) is 10.9. The fourth-order valence-electron chi connectivity index (χ4n) is 5.28. The summed E-state index contributed by atoms with van der Waals surface area (Å²) in [7, 11) is 6.64. The van der Waals surface area contributed by atoms with Crippen LogP contribution < -0.4 is 18.9 Å². The zero-order valence-corrected chi connectivity index (χ0v) is 23.4. The quantitative estimate of drug-likeness (QED) is 0.195. The summed E-state index contributed by atoms with van der Waals surface area (Å²) in [5, 5.41) is 1.94. The van der Waals surface area contributed by atoms with Gasteiger partial charge in [-0.05, 0) is 47.9 Å². The topological polar surface area (TPSA) is 54.7 Å². The van der Waals surface area contributed by atoms with Crippen molar-refractivity contribution in [1.29, 1.82) is 0 Å². The molecule has 0 N–H and O–H groups in total. The van der Waals surface area contributed by atoms with Crippen molar-refractivity contribution < 1.29 is 18.9 Å². The van der Waals surface area contributed by atoms with Gasteiger partial charge in [-0.1, -0.05) is 60.7 Å². The molecule has 0 aliphatic carbocycles. The molecule has 0 aliphatic heterocycles. The molecule has 6 nitrogen and oxygen atoms in total. The van der Waals surface area contributed by atoms with Crippen LogP contribution in [0.1, 0.15) is 0 Å². The molecule has 6 aromatic rings. The number of benzene rings is 5. The molecule has 0 saturated carbocycles. The van der Waals surface area contributed by atoms with Gasteiger partial charge in [-0.3, -0.25) is 4.57 Å². The zero-order valence-electron chi connectivity index (χ0n) is 23.4. The molecule has 0 saturated heterocycles. The van der Waals surface area contributed by atoms with Gasteiger partial charge >= 0.3 is 0 Å². The van der Waals surface area contributed by atoms with E-state index in [0.717, 1.165) is 61.9 Å². The second kappa shape index (κ2) is 11.1. The second-order valence-electron chi connectivity index (χ2n) is 9.47. The molecule has 6 rings (SSSR count). The molecule has 0 amide bonds. The third-order valence-corrected chi connectivity index (χ3v) is 7.24. The minimum absolute atomic E-state index is 0.631. The Morgan fingerprint density at radius 1 is 0.537 bits per heavy atom. The molecule has 0 bridgehead atoms. The van der Waals surface area contributed by atoms with E-state index in [-0.39, 0.29) is 0 Å². The first kappa shape index (κ1) is 26.0. The number of imidazole rings is 1. The van der Waals surface area contributed by atoms with E-state index in [0.29, 0.717) is 11.5 Å². The lowest BCUT2D eigenvalue weighted by Crippen LogP contribution is -2.02. The summed E-state index contributed by atoms with van der Waals surface area (Å²) in [5.41, 5.74) is 5.71. The second-order valence-corrected chi connectivity index (χ2v) is 9.47. The summed E-state index contributed by atoms with van der Waals surface area (Å²) < 4.78 is 24.8. The van der Waals surface area contributed by atoms with Crippen LogP contribution in [0.2, 0.25) is 0 Å². The first-order chi connectivity index (χ1) is 20.2. The van der Waals surface area contributed by atoms with Crippen molar-refractivity contribution >= 4 is 10.8 Å². The highest BCUT2D eigenvalue weighted by atomic mass is 16.5. The predicted octanol–water partition coefficient (Wildman–Crippen LogP) is 8.06. The Bertz CT molecular complexity index is 1830. The molecule has 0 spiro atoms. The molecule has 0 aliphatic rings. The summed E-state index contributed by atoms with van der Waals surface area (Å²) in [6, 6.07) is 36.6. The molecular weight excluding hydrogens is 512 g/mol. The summed E-state index contributed by atoms with van der Waals surface area (Å²) in [5.74, 6) is 3.59. The van der Waals surface area contributed by atoms with Crippen molar-refractivity contribution in [1.82, 2.24) is 9.55 Å². The number of hydrogen-bond donors (Lipinski definition) is 0. The molecule has 5 aromatic carbocycles. The monoisotopic (exact) mass is 542 g/mol. The van der Waals surface area contributed by atoms with Crippen molar-refractivity contribution in [3.8, 4) is 62.6 Å². The van der Waals surface area contributed by atoms with Crippen LogP contribution in [0.25, 0.3) is 50.4 Å². The largest absolute Gasteiger partial charge is 0.497 e. The molecule has 41 heavy (non-hydrogen) atoms. The number of hydrogen-bond acceptors (Lipinski definition) is 5. The first-order valence-corrected chi connectivity index (χ1v) is 13.3. The van der Waals surface area contributed by atoms with Crippen molar-refractivity contribution in [2.75, 3.05) is 28.4 Å². The van der Waals surface area contributed by atoms with Crippen LogP contribution in [-0.4, -0.2) is 38.0 Å². The Hall–Kier alpha value is -5.23. The van der Waals surface area contributed by atoms with Crippen LogP contribution in [0.15, 0.2) is 109 Å². The molecule has 0 atom stereocenters. The smallest absolute Gasteiger partial charge is 0.162 e. The van der Waals surface area contributed by atoms with E-state index in [9.17, 15) is 0 Å². The van der Waals surface area contributed by atoms with Crippen LogP contribution in [0.4, 0.5) is 0 Å². The zero-order chi connectivity index (χ0) is 28.3. The maximum atomic E-state index is 5.73. The fourth-order valence-corrected chi connectivity index (χ4v) is 5.28. The van der Waals surface area contributed by atoms with E-state index < -0.39 is 0 Å². The van der Waals surface area contributed by atoms with Crippen LogP contribution in [0.5, 0.6) is 23.0 Å². The minimum atomic E-state index is 0.631. The fraction of sp³-hybridized carbons (Fsp3) is 0.114. The summed E-state index contributed by atoms with van der Waals surface area (Å²) in [6.45, 7) is 0. The van der Waals surface area contributed by atoms with Crippen molar-refractivity contribution in [2.45, 2.75) is 0 Å². The first-order valence-electron chi connectivity index (χ1n) is 13.3. The van der Waals surface area contributed by atoms with Gasteiger partial charge in [-0.2, -0.15) is 0 Å². The minimum Gasteiger partial charge on any atom is -0.497 e. The van der Waals surface area contributed by atoms with Gasteiger partial charge in [0.05, 0.1) is 45.5 Å². The number of ether oxygens (including phenoxy) is 4. The average molecular weight is 543 g/mol. The van der Waals surface area contributed by atoms with Gasteiger partial charge < -0.3 is 18.9 Å². The van der Waals surface area contributed by atoms with E-state index in [4.69, 9.17) is 23.9 Å². The standard InChI is InChI=1S/C35H30N2O4/c1-38-26-16-17-27-29(22-26)28(18-20-30(27)39-2)35-36-33(23-11-7-5-8-12-23)34(24-13-9-6-10-14-24)37(35)25-15-19-31(40-3)32(21-25)41-4/h5-22H,1-4H3. The number of aromatic nitrogens is 2. The number of nitrogens with zero attached hydrogens (tertiary/aromatic N) is 2. The highest BCUT2D eigenvalue weighted by Gasteiger charge is 2.25. The molecular formula is C35H30N2O4. The Morgan fingerprint density at radius 2 is 1.20 bits per heavy atom. The van der Waals surface area contributed by atoms with Crippen molar-refractivity contribution in [3.05, 3.63) is 109 Å². The van der Waals surface area contributed by atoms with Gasteiger partial charge in [-0.25, -0.2) is 4.98 Å². The Morgan fingerprint density at radius 3 is 1.85 bits per heavy atom. The molecule has 1 aromatic heterocycles. The highest BCUT2D eigenvalue weighted by Crippen LogP contribution is 2.43. The summed E-state index contributed by atoms with van der Waals surface area (Å²) in [4.78, 5) is 5.37. The van der Waals surface area contributed by atoms with Crippen molar-refractivity contribution in [2.24, 2.45) is 0 Å². The van der Waals surface area contributed by atoms with Gasteiger partial charge in [0.15, 0.2) is 11.5 Å².